The van der Waals surface area contributed by atoms with Gasteiger partial charge in [-0.2, -0.15) is 4.31 Å². The van der Waals surface area contributed by atoms with Gasteiger partial charge in [0.2, 0.25) is 15.9 Å². The molecular formula is C23H28N2O8S. The number of sulfonamides is 1. The Kier molecular flexibility index (Phi) is 8.00. The van der Waals surface area contributed by atoms with Crippen LogP contribution in [-0.2, 0) is 30.8 Å². The molecule has 2 N–H and O–H groups in total. The number of aromatic hydroxyl groups is 1. The number of rotatable bonds is 9. The summed E-state index contributed by atoms with van der Waals surface area (Å²) in [6, 6.07) is 8.43. The van der Waals surface area contributed by atoms with Crippen molar-refractivity contribution in [3.63, 3.8) is 0 Å². The summed E-state index contributed by atoms with van der Waals surface area (Å²) in [5.41, 5.74) is 0.690. The highest BCUT2D eigenvalue weighted by molar-refractivity contribution is 7.89. The largest absolute Gasteiger partial charge is 0.508 e. The maximum absolute atomic E-state index is 13.4. The second-order valence-electron chi connectivity index (χ2n) is 7.75. The summed E-state index contributed by atoms with van der Waals surface area (Å²) in [5, 5.41) is 12.1. The van der Waals surface area contributed by atoms with Crippen LogP contribution in [-0.4, -0.2) is 69.7 Å². The number of carbonyl (C=O) groups excluding carboxylic acids is 2. The average molecular weight is 493 g/mol. The van der Waals surface area contributed by atoms with E-state index in [9.17, 15) is 23.1 Å². The highest BCUT2D eigenvalue weighted by atomic mass is 32.2. The zero-order chi connectivity index (χ0) is 24.9. The molecule has 2 aromatic carbocycles. The van der Waals surface area contributed by atoms with Crippen molar-refractivity contribution in [3.05, 3.63) is 48.0 Å². The van der Waals surface area contributed by atoms with Gasteiger partial charge in [-0.3, -0.25) is 4.79 Å². The van der Waals surface area contributed by atoms with E-state index in [-0.39, 0.29) is 29.4 Å². The number of nitrogens with one attached hydrogen (secondary N) is 1. The van der Waals surface area contributed by atoms with E-state index in [4.69, 9.17) is 14.2 Å². The second-order valence-corrected chi connectivity index (χ2v) is 9.64. The maximum Gasteiger partial charge on any atom is 0.328 e. The Morgan fingerprint density at radius 2 is 1.76 bits per heavy atom. The molecule has 2 aromatic rings. The molecule has 1 aliphatic heterocycles. The molecule has 2 unspecified atom stereocenters. The van der Waals surface area contributed by atoms with Gasteiger partial charge in [-0.25, -0.2) is 13.2 Å². The Bertz CT molecular complexity index is 1130. The minimum atomic E-state index is -4.02. The van der Waals surface area contributed by atoms with Crippen LogP contribution in [0.2, 0.25) is 0 Å². The van der Waals surface area contributed by atoms with Gasteiger partial charge < -0.3 is 24.6 Å². The van der Waals surface area contributed by atoms with Crippen LogP contribution in [0.4, 0.5) is 0 Å². The predicted molar refractivity (Wildman–Crippen MR) is 122 cm³/mol. The lowest BCUT2D eigenvalue weighted by molar-refractivity contribution is -0.145. The fourth-order valence-corrected chi connectivity index (χ4v) is 5.55. The Hall–Kier alpha value is -3.31. The number of phenols is 1. The van der Waals surface area contributed by atoms with Crippen molar-refractivity contribution >= 4 is 21.9 Å². The van der Waals surface area contributed by atoms with Crippen LogP contribution in [0.3, 0.4) is 0 Å². The molecule has 10 nitrogen and oxygen atoms in total. The van der Waals surface area contributed by atoms with E-state index in [0.29, 0.717) is 24.2 Å². The highest BCUT2D eigenvalue weighted by Crippen LogP contribution is 2.33. The molecule has 1 fully saturated rings. The number of esters is 1. The van der Waals surface area contributed by atoms with Crippen LogP contribution in [0.1, 0.15) is 18.4 Å². The predicted octanol–water partition coefficient (Wildman–Crippen LogP) is 1.46. The Morgan fingerprint density at radius 3 is 2.38 bits per heavy atom. The summed E-state index contributed by atoms with van der Waals surface area (Å²) >= 11 is 0. The zero-order valence-corrected chi connectivity index (χ0v) is 20.0. The molecule has 3 rings (SSSR count). The quantitative estimate of drug-likeness (QED) is 0.503. The zero-order valence-electron chi connectivity index (χ0n) is 19.2. The molecule has 0 saturated carbocycles. The second kappa shape index (κ2) is 10.7. The number of methoxy groups -OCH3 is 3. The van der Waals surface area contributed by atoms with E-state index in [1.807, 2.05) is 0 Å². The lowest BCUT2D eigenvalue weighted by atomic mass is 10.1. The van der Waals surface area contributed by atoms with Gasteiger partial charge in [0.25, 0.3) is 0 Å². The van der Waals surface area contributed by atoms with E-state index < -0.39 is 34.0 Å². The molecule has 184 valence electrons. The van der Waals surface area contributed by atoms with Gasteiger partial charge >= 0.3 is 5.97 Å². The molecule has 2 atom stereocenters. The van der Waals surface area contributed by atoms with Gasteiger partial charge in [-0.15, -0.1) is 0 Å². The standard InChI is InChI=1S/C23H28N2O8S/c1-31-20-11-10-17(14-21(20)32-2)34(29,30)25-12-4-5-19(25)22(27)24-18(23(28)33-3)13-15-6-8-16(26)9-7-15/h6-11,14,18-19,26H,4-5,12-13H2,1-3H3,(H,24,27). The Labute approximate surface area is 198 Å². The van der Waals surface area contributed by atoms with Crippen molar-refractivity contribution in [2.45, 2.75) is 36.2 Å². The molecule has 0 aromatic heterocycles. The fourth-order valence-electron chi connectivity index (χ4n) is 3.87. The van der Waals surface area contributed by atoms with Crippen LogP contribution < -0.4 is 14.8 Å². The summed E-state index contributed by atoms with van der Waals surface area (Å²) in [6.07, 6.45) is 0.921. The molecular weight excluding hydrogens is 464 g/mol. The van der Waals surface area contributed by atoms with Crippen LogP contribution in [0, 0.1) is 0 Å². The summed E-state index contributed by atoms with van der Waals surface area (Å²) < 4.78 is 43.0. The van der Waals surface area contributed by atoms with Crippen LogP contribution in [0.25, 0.3) is 0 Å². The van der Waals surface area contributed by atoms with E-state index in [1.165, 1.54) is 51.7 Å². The number of hydrogen-bond acceptors (Lipinski definition) is 8. The average Bonchev–Trinajstić information content (AvgIpc) is 3.35. The molecule has 0 spiro atoms. The normalized spacial score (nSPS) is 17.1. The number of carbonyl (C=O) groups is 2. The topological polar surface area (TPSA) is 131 Å². The summed E-state index contributed by atoms with van der Waals surface area (Å²) in [6.45, 7) is 0.162. The van der Waals surface area contributed by atoms with Crippen molar-refractivity contribution < 1.29 is 37.3 Å². The number of phenolic OH excluding ortho intramolecular Hbond substituents is 1. The van der Waals surface area contributed by atoms with E-state index in [0.717, 1.165) is 4.31 Å². The molecule has 1 saturated heterocycles. The minimum Gasteiger partial charge on any atom is -0.508 e. The Balaban J connectivity index is 1.81. The lowest BCUT2D eigenvalue weighted by Crippen LogP contribution is -2.51. The molecule has 34 heavy (non-hydrogen) atoms. The van der Waals surface area contributed by atoms with Gasteiger partial charge in [0.15, 0.2) is 11.5 Å². The third kappa shape index (κ3) is 5.42. The monoisotopic (exact) mass is 492 g/mol. The number of benzene rings is 2. The Morgan fingerprint density at radius 1 is 1.09 bits per heavy atom. The van der Waals surface area contributed by atoms with Gasteiger partial charge in [-0.1, -0.05) is 12.1 Å². The van der Waals surface area contributed by atoms with Gasteiger partial charge in [0.05, 0.1) is 26.2 Å². The number of hydrogen-bond donors (Lipinski definition) is 2. The smallest absolute Gasteiger partial charge is 0.328 e. The fraction of sp³-hybridized carbons (Fsp3) is 0.391. The number of nitrogens with zero attached hydrogens (tertiary/aromatic N) is 1. The third-order valence-electron chi connectivity index (χ3n) is 5.65. The van der Waals surface area contributed by atoms with E-state index >= 15 is 0 Å². The van der Waals surface area contributed by atoms with Crippen LogP contribution in [0.15, 0.2) is 47.4 Å². The molecule has 1 heterocycles. The number of amides is 1. The third-order valence-corrected chi connectivity index (χ3v) is 7.55. The first-order chi connectivity index (χ1) is 16.2. The van der Waals surface area contributed by atoms with Gasteiger partial charge in [0, 0.05) is 19.0 Å². The van der Waals surface area contributed by atoms with E-state index in [2.05, 4.69) is 5.32 Å². The van der Waals surface area contributed by atoms with Crippen LogP contribution in [0.5, 0.6) is 17.2 Å². The van der Waals surface area contributed by atoms with Crippen molar-refractivity contribution in [3.8, 4) is 17.2 Å². The van der Waals surface area contributed by atoms with Crippen molar-refractivity contribution in [2.24, 2.45) is 0 Å². The van der Waals surface area contributed by atoms with Crippen molar-refractivity contribution in [1.82, 2.24) is 9.62 Å². The van der Waals surface area contributed by atoms with E-state index in [1.54, 1.807) is 12.1 Å². The minimum absolute atomic E-state index is 0.0292. The number of ether oxygens (including phenoxy) is 3. The van der Waals surface area contributed by atoms with Crippen molar-refractivity contribution in [2.75, 3.05) is 27.9 Å². The summed E-state index contributed by atoms with van der Waals surface area (Å²) in [5.74, 6) is -0.537. The lowest BCUT2D eigenvalue weighted by Gasteiger charge is -2.25. The molecule has 1 amide bonds. The molecule has 0 bridgehead atoms. The molecule has 0 radical (unpaired) electrons. The highest BCUT2D eigenvalue weighted by Gasteiger charge is 2.41. The van der Waals surface area contributed by atoms with Gasteiger partial charge in [-0.05, 0) is 42.7 Å². The van der Waals surface area contributed by atoms with Crippen molar-refractivity contribution in [1.29, 1.82) is 0 Å². The molecule has 1 aliphatic rings. The SMILES string of the molecule is COC(=O)C(Cc1ccc(O)cc1)NC(=O)C1CCCN1S(=O)(=O)c1ccc(OC)c(OC)c1. The summed E-state index contributed by atoms with van der Waals surface area (Å²) in [4.78, 5) is 25.4. The first-order valence-electron chi connectivity index (χ1n) is 10.6. The first kappa shape index (κ1) is 25.3. The molecule has 0 aliphatic carbocycles. The van der Waals surface area contributed by atoms with Crippen LogP contribution >= 0.6 is 0 Å². The molecule has 11 heteroatoms. The summed E-state index contributed by atoms with van der Waals surface area (Å²) in [7, 11) is 0.0386. The van der Waals surface area contributed by atoms with Gasteiger partial charge in [0.1, 0.15) is 17.8 Å². The first-order valence-corrected chi connectivity index (χ1v) is 12.0. The maximum atomic E-state index is 13.4.